The van der Waals surface area contributed by atoms with Gasteiger partial charge in [0.05, 0.1) is 23.1 Å². The summed E-state index contributed by atoms with van der Waals surface area (Å²) < 4.78 is 25.5. The number of carbonyl (C=O) groups excluding carboxylic acids is 2. The topological polar surface area (TPSA) is 73.8 Å². The van der Waals surface area contributed by atoms with Crippen molar-refractivity contribution < 1.29 is 23.1 Å². The van der Waals surface area contributed by atoms with Crippen molar-refractivity contribution in [3.05, 3.63) is 53.0 Å². The van der Waals surface area contributed by atoms with E-state index in [1.165, 1.54) is 35.1 Å². The Bertz CT molecular complexity index is 956. The molecule has 0 N–H and O–H groups in total. The first-order valence-corrected chi connectivity index (χ1v) is 7.97. The van der Waals surface area contributed by atoms with Crippen LogP contribution in [0.1, 0.15) is 17.5 Å². The molecule has 2 heterocycles. The fourth-order valence-electron chi connectivity index (χ4n) is 2.16. The molecule has 1 amide bonds. The summed E-state index contributed by atoms with van der Waals surface area (Å²) in [6.45, 7) is 1.83. The maximum Gasteiger partial charge on any atom is 0.326 e. The van der Waals surface area contributed by atoms with Crippen LogP contribution in [-0.4, -0.2) is 23.1 Å². The number of esters is 1. The molecule has 1 aromatic carbocycles. The molecule has 124 valence electrons. The lowest BCUT2D eigenvalue weighted by Gasteiger charge is -2.04. The predicted octanol–water partition coefficient (Wildman–Crippen LogP) is 2.74. The van der Waals surface area contributed by atoms with Crippen molar-refractivity contribution in [1.29, 1.82) is 0 Å². The van der Waals surface area contributed by atoms with Gasteiger partial charge >= 0.3 is 11.9 Å². The lowest BCUT2D eigenvalue weighted by Crippen LogP contribution is -2.23. The molecule has 0 saturated heterocycles. The maximum absolute atomic E-state index is 13.4. The van der Waals surface area contributed by atoms with Crippen molar-refractivity contribution in [1.82, 2.24) is 4.57 Å². The van der Waals surface area contributed by atoms with Crippen molar-refractivity contribution in [2.45, 2.75) is 13.5 Å². The Kier molecular flexibility index (Phi) is 4.57. The normalized spacial score (nSPS) is 11.8. The molecule has 2 aromatic heterocycles. The first-order chi connectivity index (χ1) is 11.6. The molecule has 3 rings (SSSR count). The smallest absolute Gasteiger partial charge is 0.326 e. The minimum Gasteiger partial charge on any atom is -0.465 e. The SMILES string of the molecule is CCOC(=O)Cn1c(=NC(=O)c2ccco2)sc2cc(F)ccc21. The number of hydrogen-bond donors (Lipinski definition) is 0. The van der Waals surface area contributed by atoms with Crippen LogP contribution in [0.5, 0.6) is 0 Å². The molecule has 0 saturated carbocycles. The summed E-state index contributed by atoms with van der Waals surface area (Å²) in [7, 11) is 0. The number of furan rings is 1. The van der Waals surface area contributed by atoms with E-state index in [0.717, 1.165) is 11.3 Å². The van der Waals surface area contributed by atoms with Crippen molar-refractivity contribution in [3.63, 3.8) is 0 Å². The van der Waals surface area contributed by atoms with Gasteiger partial charge < -0.3 is 13.7 Å². The Hall–Kier alpha value is -2.74. The molecule has 0 spiro atoms. The lowest BCUT2D eigenvalue weighted by atomic mass is 10.3. The number of thiazole rings is 1. The summed E-state index contributed by atoms with van der Waals surface area (Å²) in [6.07, 6.45) is 1.37. The van der Waals surface area contributed by atoms with Gasteiger partial charge in [0.1, 0.15) is 12.4 Å². The zero-order chi connectivity index (χ0) is 17.1. The van der Waals surface area contributed by atoms with Crippen molar-refractivity contribution in [3.8, 4) is 0 Å². The predicted molar refractivity (Wildman–Crippen MR) is 85.0 cm³/mol. The summed E-state index contributed by atoms with van der Waals surface area (Å²) >= 11 is 1.11. The summed E-state index contributed by atoms with van der Waals surface area (Å²) in [6, 6.07) is 7.23. The molecule has 0 fully saturated rings. The molecule has 24 heavy (non-hydrogen) atoms. The highest BCUT2D eigenvalue weighted by molar-refractivity contribution is 7.16. The van der Waals surface area contributed by atoms with E-state index in [1.807, 2.05) is 0 Å². The van der Waals surface area contributed by atoms with Gasteiger partial charge in [-0.3, -0.25) is 9.59 Å². The van der Waals surface area contributed by atoms with Crippen LogP contribution in [0.2, 0.25) is 0 Å². The molecule has 0 aliphatic heterocycles. The molecule has 0 aliphatic carbocycles. The van der Waals surface area contributed by atoms with E-state index < -0.39 is 17.7 Å². The van der Waals surface area contributed by atoms with Crippen molar-refractivity contribution in [2.75, 3.05) is 6.61 Å². The second-order valence-corrected chi connectivity index (χ2v) is 5.79. The van der Waals surface area contributed by atoms with E-state index in [4.69, 9.17) is 9.15 Å². The number of ether oxygens (including phenoxy) is 1. The molecular formula is C16H13FN2O4S. The van der Waals surface area contributed by atoms with Crippen LogP contribution >= 0.6 is 11.3 Å². The van der Waals surface area contributed by atoms with E-state index in [9.17, 15) is 14.0 Å². The summed E-state index contributed by atoms with van der Waals surface area (Å²) in [5.41, 5.74) is 0.598. The maximum atomic E-state index is 13.4. The zero-order valence-corrected chi connectivity index (χ0v) is 13.5. The fraction of sp³-hybridized carbons (Fsp3) is 0.188. The van der Waals surface area contributed by atoms with E-state index in [0.29, 0.717) is 10.2 Å². The number of fused-ring (bicyclic) bond motifs is 1. The minimum absolute atomic E-state index is 0.0846. The van der Waals surface area contributed by atoms with Gasteiger partial charge in [-0.05, 0) is 37.3 Å². The largest absolute Gasteiger partial charge is 0.465 e. The number of amides is 1. The number of carbonyl (C=O) groups is 2. The average Bonchev–Trinajstić information content (AvgIpc) is 3.16. The first-order valence-electron chi connectivity index (χ1n) is 7.15. The molecule has 0 aliphatic rings. The van der Waals surface area contributed by atoms with Crippen LogP contribution in [0.15, 0.2) is 46.0 Å². The average molecular weight is 348 g/mol. The molecule has 3 aromatic rings. The first kappa shape index (κ1) is 16.1. The zero-order valence-electron chi connectivity index (χ0n) is 12.7. The summed E-state index contributed by atoms with van der Waals surface area (Å²) in [5, 5.41) is 0. The van der Waals surface area contributed by atoms with Gasteiger partial charge in [-0.1, -0.05) is 11.3 Å². The van der Waals surface area contributed by atoms with Crippen LogP contribution in [0, 0.1) is 5.82 Å². The highest BCUT2D eigenvalue weighted by Crippen LogP contribution is 2.19. The number of rotatable bonds is 4. The number of benzene rings is 1. The third-order valence-electron chi connectivity index (χ3n) is 3.17. The molecule has 6 nitrogen and oxygen atoms in total. The number of aromatic nitrogens is 1. The lowest BCUT2D eigenvalue weighted by molar-refractivity contribution is -0.143. The van der Waals surface area contributed by atoms with Crippen molar-refractivity contribution >= 4 is 33.4 Å². The summed E-state index contributed by atoms with van der Waals surface area (Å²) in [5.74, 6) is -1.37. The molecule has 0 atom stereocenters. The summed E-state index contributed by atoms with van der Waals surface area (Å²) in [4.78, 5) is 28.2. The number of halogens is 1. The second kappa shape index (κ2) is 6.79. The van der Waals surface area contributed by atoms with Gasteiger partial charge in [-0.25, -0.2) is 4.39 Å². The number of nitrogens with zero attached hydrogens (tertiary/aromatic N) is 2. The van der Waals surface area contributed by atoms with Crippen LogP contribution < -0.4 is 4.80 Å². The molecule has 0 unspecified atom stereocenters. The minimum atomic E-state index is -0.579. The standard InChI is InChI=1S/C16H13FN2O4S/c1-2-22-14(20)9-19-11-6-5-10(17)8-13(11)24-16(19)18-15(21)12-4-3-7-23-12/h3-8H,2,9H2,1H3. The monoisotopic (exact) mass is 348 g/mol. The molecule has 8 heteroatoms. The van der Waals surface area contributed by atoms with Gasteiger partial charge in [-0.2, -0.15) is 4.99 Å². The Morgan fingerprint density at radius 2 is 2.21 bits per heavy atom. The van der Waals surface area contributed by atoms with E-state index in [-0.39, 0.29) is 23.7 Å². The third-order valence-corrected chi connectivity index (χ3v) is 4.21. The van der Waals surface area contributed by atoms with Crippen LogP contribution in [-0.2, 0) is 16.1 Å². The Morgan fingerprint density at radius 1 is 1.38 bits per heavy atom. The highest BCUT2D eigenvalue weighted by Gasteiger charge is 2.14. The van der Waals surface area contributed by atoms with Crippen molar-refractivity contribution in [2.24, 2.45) is 4.99 Å². The number of hydrogen-bond acceptors (Lipinski definition) is 5. The van der Waals surface area contributed by atoms with Gasteiger partial charge in [-0.15, -0.1) is 0 Å². The molecule has 0 radical (unpaired) electrons. The van der Waals surface area contributed by atoms with Crippen LogP contribution in [0.25, 0.3) is 10.2 Å². The van der Waals surface area contributed by atoms with Gasteiger partial charge in [0, 0.05) is 0 Å². The Morgan fingerprint density at radius 3 is 2.92 bits per heavy atom. The molecular weight excluding hydrogens is 335 g/mol. The van der Waals surface area contributed by atoms with Crippen LogP contribution in [0.4, 0.5) is 4.39 Å². The van der Waals surface area contributed by atoms with E-state index >= 15 is 0 Å². The Labute approximate surface area is 139 Å². The van der Waals surface area contributed by atoms with Gasteiger partial charge in [0.25, 0.3) is 0 Å². The third kappa shape index (κ3) is 3.28. The van der Waals surface area contributed by atoms with Gasteiger partial charge in [0.2, 0.25) is 0 Å². The highest BCUT2D eigenvalue weighted by atomic mass is 32.1. The van der Waals surface area contributed by atoms with Gasteiger partial charge in [0.15, 0.2) is 10.6 Å². The van der Waals surface area contributed by atoms with E-state index in [2.05, 4.69) is 4.99 Å². The quantitative estimate of drug-likeness (QED) is 0.680. The fourth-order valence-corrected chi connectivity index (χ4v) is 3.22. The molecule has 0 bridgehead atoms. The second-order valence-electron chi connectivity index (χ2n) is 4.78. The van der Waals surface area contributed by atoms with E-state index in [1.54, 1.807) is 13.0 Å². The van der Waals surface area contributed by atoms with Crippen LogP contribution in [0.3, 0.4) is 0 Å². The Balaban J connectivity index is 2.11.